The molecule has 0 aromatic heterocycles. The van der Waals surface area contributed by atoms with Crippen molar-refractivity contribution in [3.05, 3.63) is 0 Å². The first kappa shape index (κ1) is 25.7. The van der Waals surface area contributed by atoms with Crippen LogP contribution in [0.1, 0.15) is 20.8 Å². The molecule has 0 fully saturated rings. The highest BCUT2D eigenvalue weighted by Crippen LogP contribution is 2.34. The van der Waals surface area contributed by atoms with Crippen molar-refractivity contribution in [1.29, 1.82) is 0 Å². The largest absolute Gasteiger partial charge is 0.442 e. The van der Waals surface area contributed by atoms with Gasteiger partial charge >= 0.3 is 29.5 Å². The third-order valence-corrected chi connectivity index (χ3v) is 11.5. The van der Waals surface area contributed by atoms with E-state index in [1.165, 1.54) is 27.3 Å². The predicted molar refractivity (Wildman–Crippen MR) is 79.2 cm³/mol. The molecule has 0 bridgehead atoms. The molecule has 0 rings (SSSR count). The van der Waals surface area contributed by atoms with Crippen LogP contribution in [0.3, 0.4) is 0 Å². The Morgan fingerprint density at radius 1 is 0.769 bits per heavy atom. The Morgan fingerprint density at radius 2 is 1.15 bits per heavy atom. The molecule has 0 saturated carbocycles. The highest BCUT2D eigenvalue weighted by atomic mass is 28.5. The topological polar surface area (TPSA) is 86.6 Å². The number of halogens is 6. The Morgan fingerprint density at radius 3 is 1.42 bits per heavy atom. The standard InChI is InChI=1S/C11H22F6O7Si2/c1-5-25(4,22-8(20-18)10(12,13)14)24-26(6-2,7-3)23-9(21-19)11(15,16)17/h8-9,18-19H,5-7H2,1-4H3. The quantitative estimate of drug-likeness (QED) is 0.164. The summed E-state index contributed by atoms with van der Waals surface area (Å²) < 4.78 is 91.8. The lowest BCUT2D eigenvalue weighted by Crippen LogP contribution is -2.58. The lowest BCUT2D eigenvalue weighted by atomic mass is 10.6. The maximum atomic E-state index is 12.8. The van der Waals surface area contributed by atoms with E-state index < -0.39 is 42.1 Å². The molecule has 0 aliphatic carbocycles. The van der Waals surface area contributed by atoms with Gasteiger partial charge in [0.05, 0.1) is 0 Å². The number of rotatable bonds is 11. The minimum atomic E-state index is -5.09. The van der Waals surface area contributed by atoms with E-state index in [0.29, 0.717) is 0 Å². The van der Waals surface area contributed by atoms with Crippen LogP contribution >= 0.6 is 0 Å². The molecule has 0 spiro atoms. The first-order valence-electron chi connectivity index (χ1n) is 7.52. The molecular weight excluding hydrogens is 414 g/mol. The third kappa shape index (κ3) is 7.39. The number of alkyl halides is 6. The molecule has 7 nitrogen and oxygen atoms in total. The number of hydrogen-bond donors (Lipinski definition) is 2. The van der Waals surface area contributed by atoms with Crippen molar-refractivity contribution in [2.75, 3.05) is 0 Å². The maximum Gasteiger partial charge on any atom is 0.442 e. The van der Waals surface area contributed by atoms with Gasteiger partial charge in [0.25, 0.3) is 12.6 Å². The average molecular weight is 436 g/mol. The zero-order chi connectivity index (χ0) is 20.8. The Hall–Kier alpha value is -0.266. The van der Waals surface area contributed by atoms with Gasteiger partial charge in [-0.05, 0) is 24.7 Å². The fourth-order valence-corrected chi connectivity index (χ4v) is 9.34. The molecule has 2 N–H and O–H groups in total. The Balaban J connectivity index is 5.59. The van der Waals surface area contributed by atoms with Crippen LogP contribution in [0.15, 0.2) is 0 Å². The first-order chi connectivity index (χ1) is 11.7. The molecule has 0 aliphatic rings. The first-order valence-corrected chi connectivity index (χ1v) is 12.3. The summed E-state index contributed by atoms with van der Waals surface area (Å²) in [4.78, 5) is 6.60. The van der Waals surface area contributed by atoms with Crippen molar-refractivity contribution in [1.82, 2.24) is 0 Å². The van der Waals surface area contributed by atoms with Gasteiger partial charge in [0.2, 0.25) is 0 Å². The van der Waals surface area contributed by atoms with E-state index in [9.17, 15) is 26.3 Å². The fourth-order valence-electron chi connectivity index (χ4n) is 1.88. The van der Waals surface area contributed by atoms with Gasteiger partial charge < -0.3 is 13.0 Å². The molecule has 3 unspecified atom stereocenters. The summed E-state index contributed by atoms with van der Waals surface area (Å²) in [5.41, 5.74) is 0. The van der Waals surface area contributed by atoms with Crippen molar-refractivity contribution in [3.63, 3.8) is 0 Å². The number of hydrogen-bond acceptors (Lipinski definition) is 7. The summed E-state index contributed by atoms with van der Waals surface area (Å²) in [6, 6.07) is -0.304. The van der Waals surface area contributed by atoms with Crippen molar-refractivity contribution >= 4 is 17.1 Å². The van der Waals surface area contributed by atoms with Gasteiger partial charge in [-0.25, -0.2) is 10.5 Å². The van der Waals surface area contributed by atoms with E-state index in [1.807, 2.05) is 0 Å². The molecule has 3 atom stereocenters. The van der Waals surface area contributed by atoms with Gasteiger partial charge in [0, 0.05) is 0 Å². The Bertz CT molecular complexity index is 421. The molecule has 0 radical (unpaired) electrons. The minimum absolute atomic E-state index is 0.0952. The monoisotopic (exact) mass is 436 g/mol. The lowest BCUT2D eigenvalue weighted by molar-refractivity contribution is -0.406. The van der Waals surface area contributed by atoms with Gasteiger partial charge in [-0.15, -0.1) is 0 Å². The predicted octanol–water partition coefficient (Wildman–Crippen LogP) is 4.37. The molecule has 0 aromatic carbocycles. The van der Waals surface area contributed by atoms with Crippen molar-refractivity contribution < 1.29 is 59.6 Å². The maximum absolute atomic E-state index is 12.8. The van der Waals surface area contributed by atoms with Crippen LogP contribution in [0.2, 0.25) is 24.7 Å². The highest BCUT2D eigenvalue weighted by molar-refractivity contribution is 6.80. The zero-order valence-corrected chi connectivity index (χ0v) is 16.5. The van der Waals surface area contributed by atoms with E-state index >= 15 is 0 Å². The lowest BCUT2D eigenvalue weighted by Gasteiger charge is -2.40. The zero-order valence-electron chi connectivity index (χ0n) is 14.5. The van der Waals surface area contributed by atoms with Gasteiger partial charge in [0.1, 0.15) is 0 Å². The molecule has 0 heterocycles. The highest BCUT2D eigenvalue weighted by Gasteiger charge is 2.54. The summed E-state index contributed by atoms with van der Waals surface area (Å²) in [5, 5.41) is 16.9. The van der Waals surface area contributed by atoms with Gasteiger partial charge in [-0.2, -0.15) is 36.1 Å². The van der Waals surface area contributed by atoms with Gasteiger partial charge in [0.15, 0.2) is 0 Å². The fraction of sp³-hybridized carbons (Fsp3) is 1.00. The van der Waals surface area contributed by atoms with Crippen LogP contribution < -0.4 is 0 Å². The van der Waals surface area contributed by atoms with Crippen LogP contribution in [-0.4, -0.2) is 52.6 Å². The second-order valence-electron chi connectivity index (χ2n) is 5.40. The smallest absolute Gasteiger partial charge is 0.414 e. The van der Waals surface area contributed by atoms with Crippen LogP contribution in [0.4, 0.5) is 26.3 Å². The summed E-state index contributed by atoms with van der Waals surface area (Å²) in [5.74, 6) is 0. The summed E-state index contributed by atoms with van der Waals surface area (Å²) >= 11 is 0. The van der Waals surface area contributed by atoms with E-state index in [1.54, 1.807) is 0 Å². The Kier molecular flexibility index (Phi) is 9.68. The normalized spacial score (nSPS) is 18.5. The second-order valence-corrected chi connectivity index (χ2v) is 12.9. The summed E-state index contributed by atoms with van der Waals surface area (Å²) in [6.07, 6.45) is -16.2. The molecule has 15 heteroatoms. The molecule has 0 aromatic rings. The molecular formula is C11H22F6O7Si2. The van der Waals surface area contributed by atoms with E-state index in [2.05, 4.69) is 9.78 Å². The van der Waals surface area contributed by atoms with Gasteiger partial charge in [-0.3, -0.25) is 0 Å². The molecule has 0 amide bonds. The van der Waals surface area contributed by atoms with Crippen molar-refractivity contribution in [2.24, 2.45) is 0 Å². The molecule has 158 valence electrons. The van der Waals surface area contributed by atoms with Crippen LogP contribution in [0, 0.1) is 0 Å². The van der Waals surface area contributed by atoms with E-state index in [0.717, 1.165) is 0 Å². The van der Waals surface area contributed by atoms with Crippen molar-refractivity contribution in [2.45, 2.75) is 70.4 Å². The second kappa shape index (κ2) is 9.79. The third-order valence-electron chi connectivity index (χ3n) is 3.53. The molecule has 0 aliphatic heterocycles. The van der Waals surface area contributed by atoms with E-state index in [4.69, 9.17) is 23.5 Å². The summed E-state index contributed by atoms with van der Waals surface area (Å²) in [7, 11) is -7.61. The summed E-state index contributed by atoms with van der Waals surface area (Å²) in [6.45, 7) is 5.43. The Labute approximate surface area is 148 Å². The van der Waals surface area contributed by atoms with Gasteiger partial charge in [-0.1, -0.05) is 20.8 Å². The molecule has 26 heavy (non-hydrogen) atoms. The van der Waals surface area contributed by atoms with Crippen molar-refractivity contribution in [3.8, 4) is 0 Å². The van der Waals surface area contributed by atoms with Crippen LogP contribution in [0.25, 0.3) is 0 Å². The minimum Gasteiger partial charge on any atom is -0.414 e. The van der Waals surface area contributed by atoms with E-state index in [-0.39, 0.29) is 18.1 Å². The van der Waals surface area contributed by atoms with Crippen LogP contribution in [-0.2, 0) is 22.7 Å². The van der Waals surface area contributed by atoms with Crippen LogP contribution in [0.5, 0.6) is 0 Å². The SMILES string of the molecule is CC[Si](C)(OC(OO)C(F)(F)F)O[Si](CC)(CC)OC(OO)C(F)(F)F. The molecule has 0 saturated heterocycles. The average Bonchev–Trinajstić information content (AvgIpc) is 2.54.